The van der Waals surface area contributed by atoms with Gasteiger partial charge in [0, 0.05) is 12.8 Å². The lowest BCUT2D eigenvalue weighted by atomic mass is 9.76. The Balaban J connectivity index is 1.45. The van der Waals surface area contributed by atoms with Crippen LogP contribution >= 0.6 is 0 Å². The minimum atomic E-state index is -0.165. The first-order valence-corrected chi connectivity index (χ1v) is 6.18. The van der Waals surface area contributed by atoms with Gasteiger partial charge in [0.1, 0.15) is 0 Å². The Bertz CT molecular complexity index is 333. The van der Waals surface area contributed by atoms with E-state index in [-0.39, 0.29) is 5.79 Å². The average Bonchev–Trinajstić information content (AvgIpc) is 2.75. The summed E-state index contributed by atoms with van der Waals surface area (Å²) < 4.78 is 11.3. The van der Waals surface area contributed by atoms with Gasteiger partial charge in [0.05, 0.1) is 13.2 Å². The van der Waals surface area contributed by atoms with E-state index in [2.05, 4.69) is 30.3 Å². The van der Waals surface area contributed by atoms with Gasteiger partial charge in [-0.3, -0.25) is 0 Å². The summed E-state index contributed by atoms with van der Waals surface area (Å²) in [6, 6.07) is 10.7. The summed E-state index contributed by atoms with van der Waals surface area (Å²) in [5, 5.41) is 0. The SMILES string of the molecule is c1ccc(CCC2CC3(C2)OCCO3)cc1. The zero-order valence-electron chi connectivity index (χ0n) is 9.52. The molecule has 1 spiro atoms. The maximum Gasteiger partial charge on any atom is 0.169 e. The molecule has 1 heterocycles. The zero-order valence-corrected chi connectivity index (χ0v) is 9.52. The normalized spacial score (nSPS) is 23.5. The lowest BCUT2D eigenvalue weighted by Gasteiger charge is -2.43. The Morgan fingerprint density at radius 2 is 1.75 bits per heavy atom. The third kappa shape index (κ3) is 2.00. The van der Waals surface area contributed by atoms with Crippen molar-refractivity contribution in [2.75, 3.05) is 13.2 Å². The molecule has 0 radical (unpaired) electrons. The molecule has 1 aromatic rings. The van der Waals surface area contributed by atoms with Crippen LogP contribution in [0.5, 0.6) is 0 Å². The molecule has 1 aliphatic carbocycles. The molecular formula is C14H18O2. The van der Waals surface area contributed by atoms with Crippen LogP contribution in [0, 0.1) is 5.92 Å². The number of aryl methyl sites for hydroxylation is 1. The molecule has 1 saturated carbocycles. The third-order valence-corrected chi connectivity index (χ3v) is 3.70. The first kappa shape index (κ1) is 10.3. The van der Waals surface area contributed by atoms with Crippen LogP contribution in [-0.2, 0) is 15.9 Å². The Morgan fingerprint density at radius 1 is 1.06 bits per heavy atom. The van der Waals surface area contributed by atoms with Gasteiger partial charge in [-0.25, -0.2) is 0 Å². The Kier molecular flexibility index (Phi) is 2.70. The van der Waals surface area contributed by atoms with Crippen molar-refractivity contribution in [3.63, 3.8) is 0 Å². The van der Waals surface area contributed by atoms with E-state index in [1.165, 1.54) is 18.4 Å². The van der Waals surface area contributed by atoms with Crippen molar-refractivity contribution in [2.24, 2.45) is 5.92 Å². The van der Waals surface area contributed by atoms with Crippen LogP contribution in [0.4, 0.5) is 0 Å². The summed E-state index contributed by atoms with van der Waals surface area (Å²) in [6.07, 6.45) is 4.64. The molecule has 0 bridgehead atoms. The van der Waals surface area contributed by atoms with Crippen molar-refractivity contribution in [3.05, 3.63) is 35.9 Å². The molecule has 2 fully saturated rings. The van der Waals surface area contributed by atoms with Crippen molar-refractivity contribution in [3.8, 4) is 0 Å². The summed E-state index contributed by atoms with van der Waals surface area (Å²) in [5.74, 6) is 0.625. The largest absolute Gasteiger partial charge is 0.348 e. The van der Waals surface area contributed by atoms with Crippen LogP contribution in [0.15, 0.2) is 30.3 Å². The number of hydrogen-bond acceptors (Lipinski definition) is 2. The van der Waals surface area contributed by atoms with Gasteiger partial charge < -0.3 is 9.47 Å². The fourth-order valence-electron chi connectivity index (χ4n) is 2.77. The van der Waals surface area contributed by atoms with Gasteiger partial charge in [-0.2, -0.15) is 0 Å². The van der Waals surface area contributed by atoms with Gasteiger partial charge in [-0.15, -0.1) is 0 Å². The van der Waals surface area contributed by atoms with E-state index in [9.17, 15) is 0 Å². The maximum absolute atomic E-state index is 5.64. The summed E-state index contributed by atoms with van der Waals surface area (Å²) in [6.45, 7) is 1.57. The maximum atomic E-state index is 5.64. The fourth-order valence-corrected chi connectivity index (χ4v) is 2.77. The Labute approximate surface area is 96.6 Å². The van der Waals surface area contributed by atoms with Crippen LogP contribution in [0.3, 0.4) is 0 Å². The quantitative estimate of drug-likeness (QED) is 0.776. The predicted molar refractivity (Wildman–Crippen MR) is 62.1 cm³/mol. The molecule has 86 valence electrons. The summed E-state index contributed by atoms with van der Waals surface area (Å²) in [4.78, 5) is 0. The van der Waals surface area contributed by atoms with Crippen LogP contribution in [-0.4, -0.2) is 19.0 Å². The highest BCUT2D eigenvalue weighted by Crippen LogP contribution is 2.46. The number of hydrogen-bond donors (Lipinski definition) is 0. The highest BCUT2D eigenvalue weighted by molar-refractivity contribution is 5.14. The van der Waals surface area contributed by atoms with Crippen molar-refractivity contribution in [1.29, 1.82) is 0 Å². The second kappa shape index (κ2) is 4.19. The molecule has 0 N–H and O–H groups in total. The van der Waals surface area contributed by atoms with Gasteiger partial charge >= 0.3 is 0 Å². The smallest absolute Gasteiger partial charge is 0.169 e. The molecule has 2 nitrogen and oxygen atoms in total. The van der Waals surface area contributed by atoms with Crippen molar-refractivity contribution in [1.82, 2.24) is 0 Å². The van der Waals surface area contributed by atoms with Crippen molar-refractivity contribution < 1.29 is 9.47 Å². The van der Waals surface area contributed by atoms with Crippen LogP contribution in [0.2, 0.25) is 0 Å². The minimum Gasteiger partial charge on any atom is -0.348 e. The molecule has 0 amide bonds. The lowest BCUT2D eigenvalue weighted by Crippen LogP contribution is -2.44. The molecule has 1 aromatic carbocycles. The van der Waals surface area contributed by atoms with Crippen LogP contribution < -0.4 is 0 Å². The Morgan fingerprint density at radius 3 is 2.44 bits per heavy atom. The average molecular weight is 218 g/mol. The van der Waals surface area contributed by atoms with Gasteiger partial charge in [0.25, 0.3) is 0 Å². The topological polar surface area (TPSA) is 18.5 Å². The van der Waals surface area contributed by atoms with Gasteiger partial charge in [-0.1, -0.05) is 30.3 Å². The van der Waals surface area contributed by atoms with E-state index in [1.54, 1.807) is 0 Å². The first-order chi connectivity index (χ1) is 7.86. The molecule has 16 heavy (non-hydrogen) atoms. The van der Waals surface area contributed by atoms with Crippen molar-refractivity contribution >= 4 is 0 Å². The standard InChI is InChI=1S/C14H18O2/c1-2-4-12(5-3-1)6-7-13-10-14(11-13)15-8-9-16-14/h1-5,13H,6-11H2. The van der Waals surface area contributed by atoms with Crippen LogP contribution in [0.25, 0.3) is 0 Å². The summed E-state index contributed by atoms with van der Waals surface area (Å²) >= 11 is 0. The van der Waals surface area contributed by atoms with Gasteiger partial charge in [-0.05, 0) is 24.3 Å². The zero-order chi connectivity index (χ0) is 10.8. The molecule has 1 saturated heterocycles. The second-order valence-corrected chi connectivity index (χ2v) is 4.91. The highest BCUT2D eigenvalue weighted by atomic mass is 16.7. The Hall–Kier alpha value is -0.860. The lowest BCUT2D eigenvalue weighted by molar-refractivity contribution is -0.231. The fraction of sp³-hybridized carbons (Fsp3) is 0.571. The second-order valence-electron chi connectivity index (χ2n) is 4.91. The number of benzene rings is 1. The number of ether oxygens (including phenoxy) is 2. The number of rotatable bonds is 3. The van der Waals surface area contributed by atoms with E-state index in [1.807, 2.05) is 0 Å². The molecule has 2 heteroatoms. The summed E-state index contributed by atoms with van der Waals surface area (Å²) in [7, 11) is 0. The molecule has 0 atom stereocenters. The monoisotopic (exact) mass is 218 g/mol. The van der Waals surface area contributed by atoms with E-state index >= 15 is 0 Å². The van der Waals surface area contributed by atoms with Gasteiger partial charge in [0.2, 0.25) is 0 Å². The van der Waals surface area contributed by atoms with E-state index in [4.69, 9.17) is 9.47 Å². The van der Waals surface area contributed by atoms with Gasteiger partial charge in [0.15, 0.2) is 5.79 Å². The van der Waals surface area contributed by atoms with E-state index in [0.29, 0.717) is 0 Å². The van der Waals surface area contributed by atoms with E-state index < -0.39 is 0 Å². The predicted octanol–water partition coefficient (Wildman–Crippen LogP) is 2.77. The molecule has 2 aliphatic rings. The molecular weight excluding hydrogens is 200 g/mol. The first-order valence-electron chi connectivity index (χ1n) is 6.18. The molecule has 1 aliphatic heterocycles. The third-order valence-electron chi connectivity index (χ3n) is 3.70. The summed E-state index contributed by atoms with van der Waals surface area (Å²) in [5.41, 5.74) is 1.44. The molecule has 3 rings (SSSR count). The van der Waals surface area contributed by atoms with Crippen LogP contribution in [0.1, 0.15) is 24.8 Å². The highest BCUT2D eigenvalue weighted by Gasteiger charge is 2.48. The van der Waals surface area contributed by atoms with Crippen molar-refractivity contribution in [2.45, 2.75) is 31.5 Å². The molecule has 0 unspecified atom stereocenters. The van der Waals surface area contributed by atoms with E-state index in [0.717, 1.165) is 32.0 Å². The molecule has 0 aromatic heterocycles. The minimum absolute atomic E-state index is 0.165.